The molecule has 0 spiro atoms. The lowest BCUT2D eigenvalue weighted by Crippen LogP contribution is -2.35. The average Bonchev–Trinajstić information content (AvgIpc) is 2.62. The summed E-state index contributed by atoms with van der Waals surface area (Å²) < 4.78 is 38.1. The highest BCUT2D eigenvalue weighted by atomic mass is 32.7. The van der Waals surface area contributed by atoms with E-state index in [9.17, 15) is 9.13 Å². The van der Waals surface area contributed by atoms with Gasteiger partial charge in [0.25, 0.3) is 7.59 Å². The van der Waals surface area contributed by atoms with E-state index in [2.05, 4.69) is 15.3 Å². The van der Waals surface area contributed by atoms with Crippen molar-refractivity contribution in [2.24, 2.45) is 0 Å². The van der Waals surface area contributed by atoms with Crippen molar-refractivity contribution in [2.45, 2.75) is 26.7 Å². The zero-order valence-electron chi connectivity index (χ0n) is 15.0. The van der Waals surface area contributed by atoms with E-state index in [0.717, 1.165) is 12.8 Å². The summed E-state index contributed by atoms with van der Waals surface area (Å²) in [5, 5.41) is 9.16. The van der Waals surface area contributed by atoms with Crippen molar-refractivity contribution in [1.29, 1.82) is 0 Å². The SMILES string of the molecule is CCCNP(=O)(NCCC)NCCSP(=O)(OC)N1CCOCC1. The molecule has 8 nitrogen and oxygen atoms in total. The van der Waals surface area contributed by atoms with Crippen LogP contribution in [0.3, 0.4) is 0 Å². The van der Waals surface area contributed by atoms with Crippen molar-refractivity contribution in [3.63, 3.8) is 0 Å². The first-order valence-electron chi connectivity index (χ1n) is 8.48. The van der Waals surface area contributed by atoms with Crippen molar-refractivity contribution in [3.05, 3.63) is 0 Å². The Labute approximate surface area is 150 Å². The summed E-state index contributed by atoms with van der Waals surface area (Å²) in [6.07, 6.45) is 1.81. The van der Waals surface area contributed by atoms with Crippen molar-refractivity contribution in [2.75, 3.05) is 58.8 Å². The Balaban J connectivity index is 2.44. The Bertz CT molecular complexity index is 426. The van der Waals surface area contributed by atoms with Gasteiger partial charge in [-0.1, -0.05) is 25.2 Å². The highest BCUT2D eigenvalue weighted by Crippen LogP contribution is 2.61. The Kier molecular flexibility index (Phi) is 11.3. The van der Waals surface area contributed by atoms with E-state index in [4.69, 9.17) is 9.26 Å². The van der Waals surface area contributed by atoms with Crippen LogP contribution in [-0.2, 0) is 18.4 Å². The first kappa shape index (κ1) is 22.6. The molecule has 0 saturated carbocycles. The van der Waals surface area contributed by atoms with Crippen LogP contribution in [0.25, 0.3) is 0 Å². The second-order valence-electron chi connectivity index (χ2n) is 5.38. The topological polar surface area (TPSA) is 91.9 Å². The molecule has 0 aromatic carbocycles. The first-order valence-corrected chi connectivity index (χ1v) is 13.4. The Morgan fingerprint density at radius 3 is 2.08 bits per heavy atom. The van der Waals surface area contributed by atoms with Crippen LogP contribution >= 0.6 is 25.7 Å². The summed E-state index contributed by atoms with van der Waals surface area (Å²) in [5.74, 6) is 0.550. The van der Waals surface area contributed by atoms with Gasteiger partial charge in [0.15, 0.2) is 0 Å². The van der Waals surface area contributed by atoms with E-state index in [-0.39, 0.29) is 0 Å². The van der Waals surface area contributed by atoms with Gasteiger partial charge in [-0.15, -0.1) is 0 Å². The Hall–Kier alpha value is 0.570. The second kappa shape index (κ2) is 12.0. The van der Waals surface area contributed by atoms with E-state index in [0.29, 0.717) is 51.7 Å². The van der Waals surface area contributed by atoms with Gasteiger partial charge in [0.05, 0.1) is 13.2 Å². The lowest BCUT2D eigenvalue weighted by atomic mass is 10.5. The maximum atomic E-state index is 12.9. The average molecular weight is 402 g/mol. The van der Waals surface area contributed by atoms with E-state index in [1.165, 1.54) is 18.5 Å². The second-order valence-corrected chi connectivity index (χ2v) is 12.2. The van der Waals surface area contributed by atoms with Crippen molar-refractivity contribution < 1.29 is 18.4 Å². The number of hydrogen-bond acceptors (Lipinski definition) is 5. The monoisotopic (exact) mass is 402 g/mol. The normalized spacial score (nSPS) is 19.3. The molecule has 0 radical (unpaired) electrons. The maximum Gasteiger partial charge on any atom is 0.329 e. The van der Waals surface area contributed by atoms with Gasteiger partial charge in [-0.2, -0.15) is 0 Å². The zero-order chi connectivity index (χ0) is 17.9. The third-order valence-electron chi connectivity index (χ3n) is 3.42. The van der Waals surface area contributed by atoms with Crippen LogP contribution in [0.4, 0.5) is 0 Å². The van der Waals surface area contributed by atoms with Crippen LogP contribution in [0.2, 0.25) is 0 Å². The lowest BCUT2D eigenvalue weighted by molar-refractivity contribution is 0.0682. The number of hydrogen-bond donors (Lipinski definition) is 3. The van der Waals surface area contributed by atoms with Gasteiger partial charge in [-0.25, -0.2) is 19.9 Å². The fraction of sp³-hybridized carbons (Fsp3) is 1.00. The fourth-order valence-corrected chi connectivity index (χ4v) is 7.95. The Morgan fingerprint density at radius 2 is 1.58 bits per heavy atom. The molecule has 1 saturated heterocycles. The van der Waals surface area contributed by atoms with Gasteiger partial charge in [-0.3, -0.25) is 9.13 Å². The van der Waals surface area contributed by atoms with Crippen molar-refractivity contribution in [3.8, 4) is 0 Å². The van der Waals surface area contributed by atoms with E-state index < -0.39 is 14.3 Å². The minimum Gasteiger partial charge on any atom is -0.379 e. The maximum absolute atomic E-state index is 12.9. The fourth-order valence-electron chi connectivity index (χ4n) is 2.12. The van der Waals surface area contributed by atoms with Crippen LogP contribution in [0.1, 0.15) is 26.7 Å². The molecule has 0 aliphatic carbocycles. The summed E-state index contributed by atoms with van der Waals surface area (Å²) in [5.41, 5.74) is 0. The van der Waals surface area contributed by atoms with Gasteiger partial charge in [0.2, 0.25) is 0 Å². The molecular weight excluding hydrogens is 370 g/mol. The van der Waals surface area contributed by atoms with Crippen LogP contribution in [0.5, 0.6) is 0 Å². The van der Waals surface area contributed by atoms with Crippen LogP contribution < -0.4 is 15.3 Å². The molecule has 3 N–H and O–H groups in total. The molecule has 1 heterocycles. The number of rotatable bonds is 13. The standard InChI is InChI=1S/C13H32N4O4P2S/c1-4-6-14-22(18,15-7-5-2)16-8-13-24-23(19,20-3)17-9-11-21-12-10-17/h4-13H2,1-3H3,(H3,14,15,16,18). The van der Waals surface area contributed by atoms with Gasteiger partial charge in [0, 0.05) is 45.6 Å². The van der Waals surface area contributed by atoms with Gasteiger partial charge in [-0.05, 0) is 12.8 Å². The molecule has 0 aromatic rings. The predicted molar refractivity (Wildman–Crippen MR) is 102 cm³/mol. The quantitative estimate of drug-likeness (QED) is 0.317. The minimum atomic E-state index is -2.90. The van der Waals surface area contributed by atoms with Gasteiger partial charge in [0.1, 0.15) is 0 Å². The molecule has 1 unspecified atom stereocenters. The highest BCUT2D eigenvalue weighted by molar-refractivity contribution is 8.55. The number of nitrogens with zero attached hydrogens (tertiary/aromatic N) is 1. The van der Waals surface area contributed by atoms with Crippen molar-refractivity contribution >= 4 is 25.7 Å². The third kappa shape index (κ3) is 7.85. The lowest BCUT2D eigenvalue weighted by Gasteiger charge is -2.32. The van der Waals surface area contributed by atoms with E-state index in [1.54, 1.807) is 0 Å². The molecule has 144 valence electrons. The number of morpholine rings is 1. The zero-order valence-corrected chi connectivity index (χ0v) is 17.6. The van der Waals surface area contributed by atoms with Crippen LogP contribution in [-0.4, -0.2) is 63.5 Å². The molecule has 0 aromatic heterocycles. The third-order valence-corrected chi connectivity index (χ3v) is 10.4. The molecule has 24 heavy (non-hydrogen) atoms. The molecule has 0 bridgehead atoms. The molecule has 11 heteroatoms. The molecule has 1 fully saturated rings. The smallest absolute Gasteiger partial charge is 0.329 e. The largest absolute Gasteiger partial charge is 0.379 e. The molecule has 1 atom stereocenters. The molecule has 1 aliphatic heterocycles. The summed E-state index contributed by atoms with van der Waals surface area (Å²) in [4.78, 5) is 0. The highest BCUT2D eigenvalue weighted by Gasteiger charge is 2.32. The van der Waals surface area contributed by atoms with Crippen molar-refractivity contribution in [1.82, 2.24) is 19.9 Å². The molecule has 0 amide bonds. The van der Waals surface area contributed by atoms with Crippen LogP contribution in [0, 0.1) is 0 Å². The Morgan fingerprint density at radius 1 is 1.04 bits per heavy atom. The van der Waals surface area contributed by atoms with E-state index in [1.807, 2.05) is 18.5 Å². The molecular formula is C13H32N4O4P2S. The molecule has 1 aliphatic rings. The summed E-state index contributed by atoms with van der Waals surface area (Å²) >= 11 is 1.28. The molecule has 1 rings (SSSR count). The first-order chi connectivity index (χ1) is 11.5. The van der Waals surface area contributed by atoms with Gasteiger partial charge < -0.3 is 9.26 Å². The minimum absolute atomic E-state index is 0.479. The number of nitrogens with one attached hydrogen (secondary N) is 3. The summed E-state index contributed by atoms with van der Waals surface area (Å²) in [6.45, 7) is 5.37. The summed E-state index contributed by atoms with van der Waals surface area (Å²) in [7, 11) is -1.32. The van der Waals surface area contributed by atoms with Crippen LogP contribution in [0.15, 0.2) is 0 Å². The summed E-state index contributed by atoms with van der Waals surface area (Å²) in [6, 6.07) is 0. The van der Waals surface area contributed by atoms with Gasteiger partial charge >= 0.3 is 6.72 Å². The predicted octanol–water partition coefficient (Wildman–Crippen LogP) is 2.50. The van der Waals surface area contributed by atoms with E-state index >= 15 is 0 Å². The number of ether oxygens (including phenoxy) is 1.